The lowest BCUT2D eigenvalue weighted by Gasteiger charge is -2.48. The van der Waals surface area contributed by atoms with Gasteiger partial charge in [-0.25, -0.2) is 0 Å². The summed E-state index contributed by atoms with van der Waals surface area (Å²) in [4.78, 5) is 16.6. The molecule has 1 N–H and O–H groups in total. The molecule has 1 aromatic carbocycles. The van der Waals surface area contributed by atoms with Gasteiger partial charge < -0.3 is 14.6 Å². The molecule has 2 fully saturated rings. The van der Waals surface area contributed by atoms with E-state index in [1.54, 1.807) is 0 Å². The molecule has 0 aliphatic carbocycles. The highest BCUT2D eigenvalue weighted by molar-refractivity contribution is 5.80. The molecule has 27 heavy (non-hydrogen) atoms. The Bertz CT molecular complexity index is 815. The van der Waals surface area contributed by atoms with Crippen LogP contribution in [-0.4, -0.2) is 58.2 Å². The lowest BCUT2D eigenvalue weighted by atomic mass is 9.73. The molecule has 4 rings (SSSR count). The van der Waals surface area contributed by atoms with Crippen molar-refractivity contribution in [2.75, 3.05) is 32.8 Å². The van der Waals surface area contributed by atoms with E-state index < -0.39 is 0 Å². The van der Waals surface area contributed by atoms with Crippen LogP contribution in [0.4, 0.5) is 0 Å². The number of nitrogens with zero attached hydrogens (tertiary/aromatic N) is 3. The molecule has 0 unspecified atom stereocenters. The molecular weight excluding hydrogens is 338 g/mol. The van der Waals surface area contributed by atoms with E-state index in [0.29, 0.717) is 13.0 Å². The van der Waals surface area contributed by atoms with E-state index in [1.807, 2.05) is 4.90 Å². The topological polar surface area (TPSA) is 48.7 Å². The van der Waals surface area contributed by atoms with Crippen molar-refractivity contribution in [2.45, 2.75) is 45.7 Å². The van der Waals surface area contributed by atoms with Crippen molar-refractivity contribution in [1.29, 1.82) is 0 Å². The molecule has 3 heterocycles. The van der Waals surface area contributed by atoms with Gasteiger partial charge in [0.25, 0.3) is 0 Å². The van der Waals surface area contributed by atoms with Crippen molar-refractivity contribution in [2.24, 2.45) is 5.41 Å². The standard InChI is InChI=1S/C22H31N3O2/c1-2-24-11-7-19-5-4-18(14-20(19)24)15-23-10-3-8-22(16-23)9-6-21(27)25(17-22)12-13-26/h4-5,7,11,14,26H,2-3,6,8-10,12-13,15-17H2,1H3/t22-/m1/s1. The van der Waals surface area contributed by atoms with E-state index in [9.17, 15) is 9.90 Å². The number of aromatic nitrogens is 1. The molecule has 0 bridgehead atoms. The van der Waals surface area contributed by atoms with Crippen molar-refractivity contribution in [3.05, 3.63) is 36.0 Å². The monoisotopic (exact) mass is 369 g/mol. The molecule has 2 aliphatic rings. The fraction of sp³-hybridized carbons (Fsp3) is 0.591. The molecule has 1 spiro atoms. The first-order chi connectivity index (χ1) is 13.1. The molecule has 1 amide bonds. The second-order valence-electron chi connectivity index (χ2n) is 8.35. The van der Waals surface area contributed by atoms with Crippen LogP contribution in [0.1, 0.15) is 38.2 Å². The molecule has 5 nitrogen and oxygen atoms in total. The summed E-state index contributed by atoms with van der Waals surface area (Å²) in [5, 5.41) is 10.6. The number of aliphatic hydroxyl groups is 1. The highest BCUT2D eigenvalue weighted by atomic mass is 16.3. The Kier molecular flexibility index (Phi) is 5.24. The maximum Gasteiger partial charge on any atom is 0.222 e. The van der Waals surface area contributed by atoms with Crippen molar-refractivity contribution in [1.82, 2.24) is 14.4 Å². The maximum absolute atomic E-state index is 12.1. The highest BCUT2D eigenvalue weighted by Crippen LogP contribution is 2.39. The Labute approximate surface area is 161 Å². The number of carbonyl (C=O) groups is 1. The number of β-amino-alcohol motifs (C(OH)–C–C–N with tert-alkyl or cyclic N) is 1. The Morgan fingerprint density at radius 3 is 2.89 bits per heavy atom. The van der Waals surface area contributed by atoms with Crippen LogP contribution in [0.25, 0.3) is 10.9 Å². The Hall–Kier alpha value is -1.85. The number of hydrogen-bond donors (Lipinski definition) is 1. The number of piperidine rings is 2. The van der Waals surface area contributed by atoms with Gasteiger partial charge in [-0.15, -0.1) is 0 Å². The van der Waals surface area contributed by atoms with E-state index in [2.05, 4.69) is 46.9 Å². The molecule has 2 saturated heterocycles. The Morgan fingerprint density at radius 1 is 1.19 bits per heavy atom. The number of aryl methyl sites for hydroxylation is 1. The van der Waals surface area contributed by atoms with Gasteiger partial charge in [-0.05, 0) is 55.8 Å². The molecule has 1 aromatic heterocycles. The zero-order chi connectivity index (χ0) is 18.9. The average molecular weight is 370 g/mol. The second kappa shape index (κ2) is 7.64. The first kappa shape index (κ1) is 18.5. The van der Waals surface area contributed by atoms with Crippen molar-refractivity contribution in [3.8, 4) is 0 Å². The molecule has 146 valence electrons. The normalized spacial score (nSPS) is 24.2. The van der Waals surface area contributed by atoms with E-state index in [4.69, 9.17) is 0 Å². The van der Waals surface area contributed by atoms with E-state index in [0.717, 1.165) is 39.1 Å². The molecular formula is C22H31N3O2. The van der Waals surface area contributed by atoms with Crippen LogP contribution in [0, 0.1) is 5.41 Å². The number of hydrogen-bond acceptors (Lipinski definition) is 3. The van der Waals surface area contributed by atoms with Crippen LogP contribution in [0.3, 0.4) is 0 Å². The zero-order valence-corrected chi connectivity index (χ0v) is 16.4. The van der Waals surface area contributed by atoms with Crippen molar-refractivity contribution < 1.29 is 9.90 Å². The van der Waals surface area contributed by atoms with Gasteiger partial charge in [0.15, 0.2) is 0 Å². The highest BCUT2D eigenvalue weighted by Gasteiger charge is 2.41. The van der Waals surface area contributed by atoms with Crippen molar-refractivity contribution in [3.63, 3.8) is 0 Å². The molecule has 5 heteroatoms. The summed E-state index contributed by atoms with van der Waals surface area (Å²) in [7, 11) is 0. The number of aliphatic hydroxyl groups excluding tert-OH is 1. The SMILES string of the molecule is CCn1ccc2ccc(CN3CCC[C@@]4(CCC(=O)N(CCO)C4)C3)cc21. The number of amides is 1. The molecule has 0 radical (unpaired) electrons. The van der Waals surface area contributed by atoms with Crippen LogP contribution in [0.2, 0.25) is 0 Å². The quantitative estimate of drug-likeness (QED) is 0.882. The third kappa shape index (κ3) is 3.76. The van der Waals surface area contributed by atoms with Crippen LogP contribution in [0.15, 0.2) is 30.5 Å². The minimum atomic E-state index is 0.0582. The van der Waals surface area contributed by atoms with Crippen LogP contribution in [-0.2, 0) is 17.9 Å². The van der Waals surface area contributed by atoms with E-state index in [-0.39, 0.29) is 17.9 Å². The summed E-state index contributed by atoms with van der Waals surface area (Å²) in [6.45, 7) is 7.67. The number of rotatable bonds is 5. The number of fused-ring (bicyclic) bond motifs is 1. The largest absolute Gasteiger partial charge is 0.395 e. The van der Waals surface area contributed by atoms with E-state index >= 15 is 0 Å². The lowest BCUT2D eigenvalue weighted by Crippen LogP contribution is -2.54. The van der Waals surface area contributed by atoms with Gasteiger partial charge in [0.2, 0.25) is 5.91 Å². The fourth-order valence-electron chi connectivity index (χ4n) is 5.07. The number of benzene rings is 1. The summed E-state index contributed by atoms with van der Waals surface area (Å²) in [6.07, 6.45) is 6.16. The predicted octanol–water partition coefficient (Wildman–Crippen LogP) is 2.86. The van der Waals surface area contributed by atoms with Crippen LogP contribution >= 0.6 is 0 Å². The molecule has 0 saturated carbocycles. The Balaban J connectivity index is 1.48. The van der Waals surface area contributed by atoms with Crippen LogP contribution < -0.4 is 0 Å². The van der Waals surface area contributed by atoms with Gasteiger partial charge in [-0.2, -0.15) is 0 Å². The summed E-state index contributed by atoms with van der Waals surface area (Å²) in [5.41, 5.74) is 2.89. The average Bonchev–Trinajstić information content (AvgIpc) is 3.08. The fourth-order valence-corrected chi connectivity index (χ4v) is 5.07. The van der Waals surface area contributed by atoms with Gasteiger partial charge in [-0.1, -0.05) is 12.1 Å². The third-order valence-electron chi connectivity index (χ3n) is 6.44. The first-order valence-corrected chi connectivity index (χ1v) is 10.3. The van der Waals surface area contributed by atoms with Crippen molar-refractivity contribution >= 4 is 16.8 Å². The summed E-state index contributed by atoms with van der Waals surface area (Å²) in [5.74, 6) is 0.206. The first-order valence-electron chi connectivity index (χ1n) is 10.3. The predicted molar refractivity (Wildman–Crippen MR) is 107 cm³/mol. The third-order valence-corrected chi connectivity index (χ3v) is 6.44. The molecule has 2 aliphatic heterocycles. The van der Waals surface area contributed by atoms with Gasteiger partial charge >= 0.3 is 0 Å². The van der Waals surface area contributed by atoms with Gasteiger partial charge in [0, 0.05) is 56.3 Å². The zero-order valence-electron chi connectivity index (χ0n) is 16.4. The second-order valence-corrected chi connectivity index (χ2v) is 8.35. The summed E-state index contributed by atoms with van der Waals surface area (Å²) in [6, 6.07) is 9.01. The number of carbonyl (C=O) groups excluding carboxylic acids is 1. The van der Waals surface area contributed by atoms with E-state index in [1.165, 1.54) is 29.3 Å². The van der Waals surface area contributed by atoms with Gasteiger partial charge in [-0.3, -0.25) is 9.69 Å². The maximum atomic E-state index is 12.1. The Morgan fingerprint density at radius 2 is 2.07 bits per heavy atom. The number of likely N-dealkylation sites (tertiary alicyclic amines) is 2. The smallest absolute Gasteiger partial charge is 0.222 e. The minimum Gasteiger partial charge on any atom is -0.395 e. The molecule has 2 aromatic rings. The summed E-state index contributed by atoms with van der Waals surface area (Å²) >= 11 is 0. The molecule has 1 atom stereocenters. The minimum absolute atomic E-state index is 0.0582. The van der Waals surface area contributed by atoms with Gasteiger partial charge in [0.1, 0.15) is 0 Å². The lowest BCUT2D eigenvalue weighted by molar-refractivity contribution is -0.140. The van der Waals surface area contributed by atoms with Crippen LogP contribution in [0.5, 0.6) is 0 Å². The summed E-state index contributed by atoms with van der Waals surface area (Å²) < 4.78 is 2.30. The van der Waals surface area contributed by atoms with Gasteiger partial charge in [0.05, 0.1) is 6.61 Å².